The molecule has 0 bridgehead atoms. The normalized spacial score (nSPS) is 13.6. The minimum atomic E-state index is -0.423. The highest BCUT2D eigenvalue weighted by Gasteiger charge is 2.22. The Morgan fingerprint density at radius 1 is 1.53 bits per heavy atom. The van der Waals surface area contributed by atoms with Gasteiger partial charge in [0.2, 0.25) is 0 Å². The van der Waals surface area contributed by atoms with Gasteiger partial charge in [-0.25, -0.2) is 10.6 Å². The number of nitrogens with two attached hydrogens (primary N) is 1. The van der Waals surface area contributed by atoms with E-state index in [1.165, 1.54) is 0 Å². The summed E-state index contributed by atoms with van der Waals surface area (Å²) in [5, 5.41) is 2.59. The van der Waals surface area contributed by atoms with E-state index in [-0.39, 0.29) is 12.5 Å². The third-order valence-electron chi connectivity index (χ3n) is 2.94. The van der Waals surface area contributed by atoms with E-state index in [0.29, 0.717) is 18.7 Å². The van der Waals surface area contributed by atoms with E-state index in [4.69, 9.17) is 10.6 Å². The summed E-state index contributed by atoms with van der Waals surface area (Å²) in [4.78, 5) is 24.0. The number of carbonyl (C=O) groups is 2. The second-order valence-electron chi connectivity index (χ2n) is 4.19. The topological polar surface area (TPSA) is 96.7 Å². The lowest BCUT2D eigenvalue weighted by molar-refractivity contribution is -0.120. The van der Waals surface area contributed by atoms with E-state index in [0.717, 1.165) is 11.3 Å². The van der Waals surface area contributed by atoms with Crippen LogP contribution in [0.15, 0.2) is 18.2 Å². The van der Waals surface area contributed by atoms with Crippen molar-refractivity contribution in [2.24, 2.45) is 5.84 Å². The van der Waals surface area contributed by atoms with Crippen molar-refractivity contribution >= 4 is 17.6 Å². The Labute approximate surface area is 110 Å². The van der Waals surface area contributed by atoms with Crippen molar-refractivity contribution in [3.63, 3.8) is 0 Å². The standard InChI is InChI=1S/C12H16N4O3/c1-16-9-6-8(4-5-14-12(18)15-13)2-3-10(9)19-7-11(16)17/h2-3,6H,4-5,7,13H2,1H3,(H2,14,15,18). The zero-order chi connectivity index (χ0) is 13.8. The molecule has 102 valence electrons. The third-order valence-corrected chi connectivity index (χ3v) is 2.94. The summed E-state index contributed by atoms with van der Waals surface area (Å²) in [6.07, 6.45) is 0.642. The average Bonchev–Trinajstić information content (AvgIpc) is 2.43. The van der Waals surface area contributed by atoms with Crippen LogP contribution < -0.4 is 26.2 Å². The number of hydrazine groups is 1. The number of urea groups is 1. The fraction of sp³-hybridized carbons (Fsp3) is 0.333. The Morgan fingerprint density at radius 3 is 3.05 bits per heavy atom. The van der Waals surface area contributed by atoms with Crippen molar-refractivity contribution in [3.8, 4) is 5.75 Å². The second kappa shape index (κ2) is 5.57. The van der Waals surface area contributed by atoms with E-state index in [9.17, 15) is 9.59 Å². The van der Waals surface area contributed by atoms with Crippen LogP contribution in [-0.4, -0.2) is 32.1 Å². The first-order valence-corrected chi connectivity index (χ1v) is 5.88. The van der Waals surface area contributed by atoms with E-state index in [1.807, 2.05) is 23.6 Å². The number of nitrogens with one attached hydrogen (secondary N) is 2. The molecule has 0 radical (unpaired) electrons. The van der Waals surface area contributed by atoms with Crippen molar-refractivity contribution < 1.29 is 14.3 Å². The van der Waals surface area contributed by atoms with Crippen LogP contribution in [0.2, 0.25) is 0 Å². The van der Waals surface area contributed by atoms with Gasteiger partial charge >= 0.3 is 6.03 Å². The lowest BCUT2D eigenvalue weighted by Gasteiger charge is -2.26. The summed E-state index contributed by atoms with van der Waals surface area (Å²) < 4.78 is 5.33. The van der Waals surface area contributed by atoms with E-state index >= 15 is 0 Å². The van der Waals surface area contributed by atoms with E-state index < -0.39 is 6.03 Å². The van der Waals surface area contributed by atoms with Crippen molar-refractivity contribution in [1.82, 2.24) is 10.7 Å². The van der Waals surface area contributed by atoms with Gasteiger partial charge in [0.25, 0.3) is 5.91 Å². The molecule has 0 fully saturated rings. The molecule has 0 saturated carbocycles. The largest absolute Gasteiger partial charge is 0.482 e. The van der Waals surface area contributed by atoms with Crippen LogP contribution in [0.5, 0.6) is 5.75 Å². The predicted octanol–water partition coefficient (Wildman–Crippen LogP) is -0.243. The van der Waals surface area contributed by atoms with Crippen LogP contribution in [0, 0.1) is 0 Å². The van der Waals surface area contributed by atoms with Gasteiger partial charge in [-0.05, 0) is 24.1 Å². The SMILES string of the molecule is CN1C(=O)COc2ccc(CCNC(=O)NN)cc21. The molecule has 1 aromatic rings. The zero-order valence-electron chi connectivity index (χ0n) is 10.6. The Morgan fingerprint density at radius 2 is 2.32 bits per heavy atom. The Kier molecular flexibility index (Phi) is 3.86. The summed E-state index contributed by atoms with van der Waals surface area (Å²) in [5.41, 5.74) is 3.74. The van der Waals surface area contributed by atoms with Gasteiger partial charge in [-0.15, -0.1) is 0 Å². The number of fused-ring (bicyclic) bond motifs is 1. The van der Waals surface area contributed by atoms with Gasteiger partial charge in [-0.3, -0.25) is 10.2 Å². The number of anilines is 1. The van der Waals surface area contributed by atoms with Crippen molar-refractivity contribution in [2.75, 3.05) is 25.1 Å². The molecular weight excluding hydrogens is 248 g/mol. The molecule has 7 nitrogen and oxygen atoms in total. The minimum Gasteiger partial charge on any atom is -0.482 e. The predicted molar refractivity (Wildman–Crippen MR) is 69.8 cm³/mol. The molecule has 0 unspecified atom stereocenters. The quantitative estimate of drug-likeness (QED) is 0.398. The molecule has 1 aromatic carbocycles. The summed E-state index contributed by atoms with van der Waals surface area (Å²) in [5.74, 6) is 5.57. The van der Waals surface area contributed by atoms with E-state index in [2.05, 4.69) is 5.32 Å². The Balaban J connectivity index is 2.04. The molecule has 0 aromatic heterocycles. The lowest BCUT2D eigenvalue weighted by atomic mass is 10.1. The highest BCUT2D eigenvalue weighted by Crippen LogP contribution is 2.31. The first-order chi connectivity index (χ1) is 9.11. The van der Waals surface area contributed by atoms with Crippen molar-refractivity contribution in [1.29, 1.82) is 0 Å². The molecule has 1 aliphatic rings. The summed E-state index contributed by atoms with van der Waals surface area (Å²) in [7, 11) is 1.72. The second-order valence-corrected chi connectivity index (χ2v) is 4.19. The van der Waals surface area contributed by atoms with Crippen LogP contribution in [0.3, 0.4) is 0 Å². The molecule has 0 spiro atoms. The highest BCUT2D eigenvalue weighted by molar-refractivity contribution is 5.97. The molecule has 1 heterocycles. The molecule has 19 heavy (non-hydrogen) atoms. The maximum absolute atomic E-state index is 11.5. The highest BCUT2D eigenvalue weighted by atomic mass is 16.5. The van der Waals surface area contributed by atoms with Crippen LogP contribution in [0.1, 0.15) is 5.56 Å². The number of hydrogen-bond donors (Lipinski definition) is 3. The molecule has 0 aliphatic carbocycles. The van der Waals surface area contributed by atoms with Crippen LogP contribution in [0.4, 0.5) is 10.5 Å². The number of carbonyl (C=O) groups excluding carboxylic acids is 2. The lowest BCUT2D eigenvalue weighted by Crippen LogP contribution is -2.40. The number of likely N-dealkylation sites (N-methyl/N-ethyl adjacent to an activating group) is 1. The van der Waals surface area contributed by atoms with Gasteiger partial charge in [-0.1, -0.05) is 6.07 Å². The Bertz CT molecular complexity index is 504. The van der Waals surface area contributed by atoms with E-state index in [1.54, 1.807) is 11.9 Å². The molecule has 4 N–H and O–H groups in total. The number of nitrogens with zero attached hydrogens (tertiary/aromatic N) is 1. The number of ether oxygens (including phenoxy) is 1. The first kappa shape index (κ1) is 13.2. The molecule has 1 aliphatic heterocycles. The minimum absolute atomic E-state index is 0.0705. The maximum atomic E-state index is 11.5. The smallest absolute Gasteiger partial charge is 0.328 e. The van der Waals surface area contributed by atoms with Gasteiger partial charge < -0.3 is 15.0 Å². The van der Waals surface area contributed by atoms with Gasteiger partial charge in [0.15, 0.2) is 6.61 Å². The third kappa shape index (κ3) is 2.94. The molecule has 0 atom stereocenters. The molecular formula is C12H16N4O3. The van der Waals surface area contributed by atoms with Crippen LogP contribution >= 0.6 is 0 Å². The number of benzene rings is 1. The van der Waals surface area contributed by atoms with Gasteiger partial charge in [0.1, 0.15) is 5.75 Å². The van der Waals surface area contributed by atoms with Gasteiger partial charge in [-0.2, -0.15) is 0 Å². The monoisotopic (exact) mass is 264 g/mol. The van der Waals surface area contributed by atoms with Crippen LogP contribution in [-0.2, 0) is 11.2 Å². The number of rotatable bonds is 3. The summed E-state index contributed by atoms with van der Waals surface area (Å²) >= 11 is 0. The van der Waals surface area contributed by atoms with Gasteiger partial charge in [0.05, 0.1) is 5.69 Å². The fourth-order valence-corrected chi connectivity index (χ4v) is 1.84. The summed E-state index contributed by atoms with van der Waals surface area (Å²) in [6, 6.07) is 5.20. The van der Waals surface area contributed by atoms with Crippen molar-refractivity contribution in [2.45, 2.75) is 6.42 Å². The molecule has 0 saturated heterocycles. The van der Waals surface area contributed by atoms with Crippen molar-refractivity contribution in [3.05, 3.63) is 23.8 Å². The number of amides is 3. The molecule has 7 heteroatoms. The molecule has 2 rings (SSSR count). The first-order valence-electron chi connectivity index (χ1n) is 5.88. The maximum Gasteiger partial charge on any atom is 0.328 e. The summed E-state index contributed by atoms with van der Waals surface area (Å²) in [6.45, 7) is 0.529. The Hall–Kier alpha value is -2.28. The zero-order valence-corrected chi connectivity index (χ0v) is 10.6. The van der Waals surface area contributed by atoms with Gasteiger partial charge in [0, 0.05) is 13.6 Å². The molecule has 3 amide bonds. The van der Waals surface area contributed by atoms with Crippen LogP contribution in [0.25, 0.3) is 0 Å². The number of hydrogen-bond acceptors (Lipinski definition) is 4. The average molecular weight is 264 g/mol. The fourth-order valence-electron chi connectivity index (χ4n) is 1.84.